The fourth-order valence-corrected chi connectivity index (χ4v) is 2.23. The third-order valence-electron chi connectivity index (χ3n) is 3.74. The molecule has 1 amide bonds. The van der Waals surface area contributed by atoms with Crippen LogP contribution in [-0.4, -0.2) is 18.5 Å². The lowest BCUT2D eigenvalue weighted by molar-refractivity contribution is -0.124. The molecule has 3 N–H and O–H groups in total. The quantitative estimate of drug-likeness (QED) is 0.907. The van der Waals surface area contributed by atoms with Crippen LogP contribution in [0.1, 0.15) is 26.3 Å². The van der Waals surface area contributed by atoms with Gasteiger partial charge in [-0.1, -0.05) is 63.2 Å². The van der Waals surface area contributed by atoms with Crippen molar-refractivity contribution in [3.8, 4) is 0 Å². The molecule has 21 heavy (non-hydrogen) atoms. The minimum absolute atomic E-state index is 0.0803. The van der Waals surface area contributed by atoms with Crippen molar-refractivity contribution in [2.75, 3.05) is 6.54 Å². The molecule has 0 saturated heterocycles. The fraction of sp³-hybridized carbons (Fsp3) is 0.389. The topological polar surface area (TPSA) is 55.1 Å². The van der Waals surface area contributed by atoms with Gasteiger partial charge in [-0.2, -0.15) is 0 Å². The summed E-state index contributed by atoms with van der Waals surface area (Å²) in [6.45, 7) is 6.53. The molecule has 2 aromatic rings. The van der Waals surface area contributed by atoms with Gasteiger partial charge in [-0.05, 0) is 28.2 Å². The first kappa shape index (κ1) is 15.5. The molecule has 0 fully saturated rings. The Morgan fingerprint density at radius 2 is 1.81 bits per heavy atom. The van der Waals surface area contributed by atoms with Crippen LogP contribution < -0.4 is 11.1 Å². The average molecular weight is 284 g/mol. The smallest absolute Gasteiger partial charge is 0.237 e. The lowest BCUT2D eigenvalue weighted by Gasteiger charge is -2.25. The lowest BCUT2D eigenvalue weighted by atomic mass is 9.87. The molecule has 0 bridgehead atoms. The number of fused-ring (bicyclic) bond motifs is 1. The van der Waals surface area contributed by atoms with Crippen LogP contribution >= 0.6 is 0 Å². The van der Waals surface area contributed by atoms with Crippen molar-refractivity contribution in [2.45, 2.75) is 33.2 Å². The van der Waals surface area contributed by atoms with Crippen LogP contribution in [0.3, 0.4) is 0 Å². The first-order valence-electron chi connectivity index (χ1n) is 7.39. The van der Waals surface area contributed by atoms with E-state index in [1.165, 1.54) is 16.3 Å². The minimum Gasteiger partial charge on any atom is -0.354 e. The summed E-state index contributed by atoms with van der Waals surface area (Å²) in [5.41, 5.74) is 6.94. The second-order valence-corrected chi connectivity index (χ2v) is 6.57. The van der Waals surface area contributed by atoms with Gasteiger partial charge in [-0.25, -0.2) is 0 Å². The molecule has 3 heteroatoms. The highest BCUT2D eigenvalue weighted by Gasteiger charge is 2.26. The molecule has 0 aromatic heterocycles. The number of rotatable bonds is 4. The van der Waals surface area contributed by atoms with Gasteiger partial charge in [0.25, 0.3) is 0 Å². The highest BCUT2D eigenvalue weighted by molar-refractivity contribution is 5.83. The highest BCUT2D eigenvalue weighted by Crippen LogP contribution is 2.17. The standard InChI is InChI=1S/C18H24N2O/c1-18(2,3)16(19)17(21)20-11-10-13-8-9-14-6-4-5-7-15(14)12-13/h4-9,12,16H,10-11,19H2,1-3H3,(H,20,21)/t16-/m1/s1. The minimum atomic E-state index is -0.478. The van der Waals surface area contributed by atoms with E-state index in [0.29, 0.717) is 6.54 Å². The van der Waals surface area contributed by atoms with Crippen molar-refractivity contribution in [3.05, 3.63) is 48.0 Å². The van der Waals surface area contributed by atoms with Crippen LogP contribution in [0, 0.1) is 5.41 Å². The molecule has 0 saturated carbocycles. The third kappa shape index (κ3) is 4.05. The maximum atomic E-state index is 12.0. The molecule has 0 heterocycles. The van der Waals surface area contributed by atoms with Crippen LogP contribution in [0.25, 0.3) is 10.8 Å². The predicted octanol–water partition coefficient (Wildman–Crippen LogP) is 2.87. The number of carbonyl (C=O) groups excluding carboxylic acids is 1. The van der Waals surface area contributed by atoms with Crippen molar-refractivity contribution in [2.24, 2.45) is 11.1 Å². The van der Waals surface area contributed by atoms with Crippen molar-refractivity contribution >= 4 is 16.7 Å². The summed E-state index contributed by atoms with van der Waals surface area (Å²) in [7, 11) is 0. The Morgan fingerprint density at radius 1 is 1.14 bits per heavy atom. The monoisotopic (exact) mass is 284 g/mol. The molecule has 0 spiro atoms. The summed E-state index contributed by atoms with van der Waals surface area (Å²) in [6, 6.07) is 14.2. The van der Waals surface area contributed by atoms with Gasteiger partial charge in [-0.3, -0.25) is 4.79 Å². The van der Waals surface area contributed by atoms with Gasteiger partial charge in [0.2, 0.25) is 5.91 Å². The van der Waals surface area contributed by atoms with Crippen molar-refractivity contribution in [3.63, 3.8) is 0 Å². The zero-order chi connectivity index (χ0) is 15.5. The number of carbonyl (C=O) groups is 1. The maximum Gasteiger partial charge on any atom is 0.237 e. The second-order valence-electron chi connectivity index (χ2n) is 6.57. The molecule has 112 valence electrons. The van der Waals surface area contributed by atoms with E-state index in [1.807, 2.05) is 32.9 Å². The van der Waals surface area contributed by atoms with Crippen molar-refractivity contribution in [1.82, 2.24) is 5.32 Å². The zero-order valence-electron chi connectivity index (χ0n) is 13.0. The SMILES string of the molecule is CC(C)(C)[C@H](N)C(=O)NCCc1ccc2ccccc2c1. The van der Waals surface area contributed by atoms with Crippen molar-refractivity contribution in [1.29, 1.82) is 0 Å². The first-order valence-corrected chi connectivity index (χ1v) is 7.39. The molecule has 1 atom stereocenters. The van der Waals surface area contributed by atoms with E-state index in [-0.39, 0.29) is 11.3 Å². The Hall–Kier alpha value is -1.87. The van der Waals surface area contributed by atoms with Crippen LogP contribution in [-0.2, 0) is 11.2 Å². The van der Waals surface area contributed by atoms with Gasteiger partial charge in [0, 0.05) is 6.54 Å². The van der Waals surface area contributed by atoms with E-state index in [1.54, 1.807) is 0 Å². The van der Waals surface area contributed by atoms with Gasteiger partial charge < -0.3 is 11.1 Å². The van der Waals surface area contributed by atoms with E-state index in [9.17, 15) is 4.79 Å². The van der Waals surface area contributed by atoms with Crippen LogP contribution in [0.4, 0.5) is 0 Å². The largest absolute Gasteiger partial charge is 0.354 e. The lowest BCUT2D eigenvalue weighted by Crippen LogP contribution is -2.48. The molecule has 0 unspecified atom stereocenters. The number of hydrogen-bond acceptors (Lipinski definition) is 2. The summed E-state index contributed by atoms with van der Waals surface area (Å²) < 4.78 is 0. The van der Waals surface area contributed by atoms with Gasteiger partial charge in [-0.15, -0.1) is 0 Å². The molecule has 0 aliphatic heterocycles. The van der Waals surface area contributed by atoms with E-state index < -0.39 is 6.04 Å². The normalized spacial score (nSPS) is 13.1. The number of nitrogens with one attached hydrogen (secondary N) is 1. The van der Waals surface area contributed by atoms with Crippen molar-refractivity contribution < 1.29 is 4.79 Å². The average Bonchev–Trinajstić information content (AvgIpc) is 2.45. The second kappa shape index (κ2) is 6.27. The van der Waals surface area contributed by atoms with Gasteiger partial charge in [0.1, 0.15) is 0 Å². The van der Waals surface area contributed by atoms with Gasteiger partial charge >= 0.3 is 0 Å². The maximum absolute atomic E-state index is 12.0. The Bertz CT molecular complexity index is 628. The molecule has 0 aliphatic carbocycles. The summed E-state index contributed by atoms with van der Waals surface area (Å²) in [5.74, 6) is -0.0803. The zero-order valence-corrected chi connectivity index (χ0v) is 13.0. The van der Waals surface area contributed by atoms with E-state index in [0.717, 1.165) is 6.42 Å². The Kier molecular flexibility index (Phi) is 4.63. The van der Waals surface area contributed by atoms with E-state index in [2.05, 4.69) is 35.6 Å². The molecular formula is C18H24N2O. The summed E-state index contributed by atoms with van der Waals surface area (Å²) in [4.78, 5) is 12.0. The van der Waals surface area contributed by atoms with Crippen LogP contribution in [0.15, 0.2) is 42.5 Å². The van der Waals surface area contributed by atoms with E-state index in [4.69, 9.17) is 5.73 Å². The molecule has 0 aliphatic rings. The summed E-state index contributed by atoms with van der Waals surface area (Å²) in [5, 5.41) is 5.39. The first-order chi connectivity index (χ1) is 9.88. The number of hydrogen-bond donors (Lipinski definition) is 2. The predicted molar refractivity (Wildman–Crippen MR) is 88.1 cm³/mol. The fourth-order valence-electron chi connectivity index (χ4n) is 2.23. The molecular weight excluding hydrogens is 260 g/mol. The molecule has 2 aromatic carbocycles. The molecule has 3 nitrogen and oxygen atoms in total. The Labute approximate surface area is 126 Å². The van der Waals surface area contributed by atoms with Gasteiger partial charge in [0.05, 0.1) is 6.04 Å². The Balaban J connectivity index is 1.92. The third-order valence-corrected chi connectivity index (χ3v) is 3.74. The molecule has 0 radical (unpaired) electrons. The highest BCUT2D eigenvalue weighted by atomic mass is 16.2. The number of nitrogens with two attached hydrogens (primary N) is 1. The number of benzene rings is 2. The number of amides is 1. The van der Waals surface area contributed by atoms with Crippen LogP contribution in [0.5, 0.6) is 0 Å². The Morgan fingerprint density at radius 3 is 2.48 bits per heavy atom. The van der Waals surface area contributed by atoms with E-state index >= 15 is 0 Å². The molecule has 2 rings (SSSR count). The summed E-state index contributed by atoms with van der Waals surface area (Å²) >= 11 is 0. The summed E-state index contributed by atoms with van der Waals surface area (Å²) in [6.07, 6.45) is 0.813. The van der Waals surface area contributed by atoms with Gasteiger partial charge in [0.15, 0.2) is 0 Å². The van der Waals surface area contributed by atoms with Crippen LogP contribution in [0.2, 0.25) is 0 Å².